The zero-order chi connectivity index (χ0) is 16.4. The third kappa shape index (κ3) is 2.94. The van der Waals surface area contributed by atoms with Gasteiger partial charge in [-0.3, -0.25) is 9.59 Å². The van der Waals surface area contributed by atoms with Crippen LogP contribution in [0.4, 0.5) is 0 Å². The predicted octanol–water partition coefficient (Wildman–Crippen LogP) is 1.05. The van der Waals surface area contributed by atoms with E-state index in [1.807, 2.05) is 31.2 Å². The number of aromatic nitrogens is 3. The lowest BCUT2D eigenvalue weighted by molar-refractivity contribution is -0.118. The van der Waals surface area contributed by atoms with Gasteiger partial charge in [0, 0.05) is 18.0 Å². The number of benzene rings is 1. The monoisotopic (exact) mass is 312 g/mol. The highest BCUT2D eigenvalue weighted by Crippen LogP contribution is 2.21. The normalized spacial score (nSPS) is 10.8. The molecule has 1 amide bonds. The fraction of sp³-hybridized carbons (Fsp3) is 0.188. The first kappa shape index (κ1) is 14.8. The molecule has 0 atom stereocenters. The molecule has 0 bridgehead atoms. The first-order valence-electron chi connectivity index (χ1n) is 7.19. The first-order valence-corrected chi connectivity index (χ1v) is 7.19. The van der Waals surface area contributed by atoms with Gasteiger partial charge in [-0.25, -0.2) is 4.52 Å². The number of nitrogens with two attached hydrogens (primary N) is 1. The summed E-state index contributed by atoms with van der Waals surface area (Å²) in [6.07, 6.45) is 3.12. The van der Waals surface area contributed by atoms with Crippen molar-refractivity contribution in [3.05, 3.63) is 53.1 Å². The molecule has 0 unspecified atom stereocenters. The maximum absolute atomic E-state index is 12.3. The summed E-state index contributed by atoms with van der Waals surface area (Å²) >= 11 is 0. The number of hydrogen-bond donors (Lipinski definition) is 1. The second-order valence-corrected chi connectivity index (χ2v) is 5.01. The van der Waals surface area contributed by atoms with Gasteiger partial charge in [-0.15, -0.1) is 0 Å². The van der Waals surface area contributed by atoms with Crippen LogP contribution in [0.25, 0.3) is 16.8 Å². The van der Waals surface area contributed by atoms with Gasteiger partial charge in [-0.1, -0.05) is 0 Å². The summed E-state index contributed by atoms with van der Waals surface area (Å²) in [7, 11) is 0. The van der Waals surface area contributed by atoms with E-state index >= 15 is 0 Å². The van der Waals surface area contributed by atoms with Crippen LogP contribution in [0.1, 0.15) is 6.92 Å². The summed E-state index contributed by atoms with van der Waals surface area (Å²) < 4.78 is 8.16. The van der Waals surface area contributed by atoms with Crippen molar-refractivity contribution in [2.24, 2.45) is 5.73 Å². The molecule has 2 N–H and O–H groups in total. The molecule has 7 heteroatoms. The fourth-order valence-corrected chi connectivity index (χ4v) is 2.35. The van der Waals surface area contributed by atoms with E-state index in [1.165, 1.54) is 15.3 Å². The first-order chi connectivity index (χ1) is 11.1. The van der Waals surface area contributed by atoms with Crippen LogP contribution in [0, 0.1) is 0 Å². The molecule has 0 radical (unpaired) electrons. The molecule has 0 spiro atoms. The standard InChI is InChI=1S/C16H16N4O3/c1-2-23-12-5-3-11(4-6-12)13-9-14-16(22)19(10-15(17)21)7-8-20(14)18-13/h3-9H,2,10H2,1H3,(H2,17,21). The van der Waals surface area contributed by atoms with E-state index in [0.717, 1.165) is 11.3 Å². The van der Waals surface area contributed by atoms with Crippen molar-refractivity contribution in [2.75, 3.05) is 6.61 Å². The number of primary amides is 1. The molecule has 0 aliphatic carbocycles. The lowest BCUT2D eigenvalue weighted by Gasteiger charge is -2.02. The van der Waals surface area contributed by atoms with Crippen LogP contribution in [0.15, 0.2) is 47.5 Å². The Labute approximate surface area is 131 Å². The maximum atomic E-state index is 12.3. The number of rotatable bonds is 5. The van der Waals surface area contributed by atoms with E-state index in [1.54, 1.807) is 12.3 Å². The van der Waals surface area contributed by atoms with Crippen molar-refractivity contribution in [2.45, 2.75) is 13.5 Å². The highest BCUT2D eigenvalue weighted by atomic mass is 16.5. The topological polar surface area (TPSA) is 91.6 Å². The van der Waals surface area contributed by atoms with E-state index in [-0.39, 0.29) is 12.1 Å². The second-order valence-electron chi connectivity index (χ2n) is 5.01. The van der Waals surface area contributed by atoms with Crippen LogP contribution in [0.3, 0.4) is 0 Å². The predicted molar refractivity (Wildman–Crippen MR) is 85.3 cm³/mol. The SMILES string of the molecule is CCOc1ccc(-c2cc3c(=O)n(CC(N)=O)ccn3n2)cc1. The summed E-state index contributed by atoms with van der Waals surface area (Å²) in [5.74, 6) is 0.214. The van der Waals surface area contributed by atoms with Crippen LogP contribution in [-0.2, 0) is 11.3 Å². The van der Waals surface area contributed by atoms with Gasteiger partial charge < -0.3 is 15.0 Å². The van der Waals surface area contributed by atoms with Gasteiger partial charge in [0.25, 0.3) is 5.56 Å². The van der Waals surface area contributed by atoms with Crippen LogP contribution in [-0.4, -0.2) is 26.7 Å². The molecule has 23 heavy (non-hydrogen) atoms. The fourth-order valence-electron chi connectivity index (χ4n) is 2.35. The lowest BCUT2D eigenvalue weighted by Crippen LogP contribution is -2.28. The average Bonchev–Trinajstić information content (AvgIpc) is 2.96. The Balaban J connectivity index is 2.01. The number of amides is 1. The van der Waals surface area contributed by atoms with Crippen molar-refractivity contribution in [3.8, 4) is 17.0 Å². The van der Waals surface area contributed by atoms with Crippen molar-refractivity contribution in [1.29, 1.82) is 0 Å². The minimum atomic E-state index is -0.567. The summed E-state index contributed by atoms with van der Waals surface area (Å²) in [4.78, 5) is 23.3. The molecule has 3 rings (SSSR count). The molecule has 0 saturated carbocycles. The Morgan fingerprint density at radius 1 is 1.26 bits per heavy atom. The van der Waals surface area contributed by atoms with Crippen LogP contribution >= 0.6 is 0 Å². The van der Waals surface area contributed by atoms with E-state index in [2.05, 4.69) is 5.10 Å². The van der Waals surface area contributed by atoms with E-state index in [4.69, 9.17) is 10.5 Å². The van der Waals surface area contributed by atoms with Crippen molar-refractivity contribution in [1.82, 2.24) is 14.2 Å². The molecule has 3 aromatic rings. The number of ether oxygens (including phenoxy) is 1. The number of fused-ring (bicyclic) bond motifs is 1. The Hall–Kier alpha value is -3.09. The van der Waals surface area contributed by atoms with E-state index in [0.29, 0.717) is 17.8 Å². The Kier molecular flexibility index (Phi) is 3.84. The molecule has 7 nitrogen and oxygen atoms in total. The van der Waals surface area contributed by atoms with Gasteiger partial charge in [0.2, 0.25) is 5.91 Å². The number of nitrogens with zero attached hydrogens (tertiary/aromatic N) is 3. The third-order valence-electron chi connectivity index (χ3n) is 3.39. The second kappa shape index (κ2) is 5.96. The van der Waals surface area contributed by atoms with Crippen molar-refractivity contribution < 1.29 is 9.53 Å². The van der Waals surface area contributed by atoms with E-state index in [9.17, 15) is 9.59 Å². The molecule has 0 aliphatic heterocycles. The van der Waals surface area contributed by atoms with Gasteiger partial charge in [0.05, 0.1) is 12.3 Å². The zero-order valence-electron chi connectivity index (χ0n) is 12.6. The Morgan fingerprint density at radius 3 is 2.65 bits per heavy atom. The molecular weight excluding hydrogens is 296 g/mol. The van der Waals surface area contributed by atoms with Gasteiger partial charge in [-0.05, 0) is 37.3 Å². The zero-order valence-corrected chi connectivity index (χ0v) is 12.6. The Morgan fingerprint density at radius 2 is 2.00 bits per heavy atom. The van der Waals surface area contributed by atoms with Crippen LogP contribution < -0.4 is 16.0 Å². The highest BCUT2D eigenvalue weighted by molar-refractivity contribution is 5.73. The third-order valence-corrected chi connectivity index (χ3v) is 3.39. The molecule has 2 aromatic heterocycles. The largest absolute Gasteiger partial charge is 0.494 e. The Bertz CT molecular complexity index is 909. The molecule has 118 valence electrons. The minimum Gasteiger partial charge on any atom is -0.494 e. The number of carbonyl (C=O) groups excluding carboxylic acids is 1. The average molecular weight is 312 g/mol. The summed E-state index contributed by atoms with van der Waals surface area (Å²) in [6, 6.07) is 9.17. The van der Waals surface area contributed by atoms with E-state index < -0.39 is 5.91 Å². The summed E-state index contributed by atoms with van der Waals surface area (Å²) in [5, 5.41) is 4.39. The highest BCUT2D eigenvalue weighted by Gasteiger charge is 2.10. The van der Waals surface area contributed by atoms with Gasteiger partial charge >= 0.3 is 0 Å². The van der Waals surface area contributed by atoms with Gasteiger partial charge in [0.1, 0.15) is 17.8 Å². The van der Waals surface area contributed by atoms with Crippen LogP contribution in [0.2, 0.25) is 0 Å². The lowest BCUT2D eigenvalue weighted by atomic mass is 10.1. The van der Waals surface area contributed by atoms with Crippen molar-refractivity contribution in [3.63, 3.8) is 0 Å². The molecule has 1 aromatic carbocycles. The van der Waals surface area contributed by atoms with Crippen molar-refractivity contribution >= 4 is 11.4 Å². The van der Waals surface area contributed by atoms with Gasteiger partial charge in [-0.2, -0.15) is 5.10 Å². The quantitative estimate of drug-likeness (QED) is 0.762. The molecule has 2 heterocycles. The number of carbonyl (C=O) groups is 1. The maximum Gasteiger partial charge on any atom is 0.277 e. The molecular formula is C16H16N4O3. The summed E-state index contributed by atoms with van der Waals surface area (Å²) in [5.41, 5.74) is 6.76. The number of hydrogen-bond acceptors (Lipinski definition) is 4. The smallest absolute Gasteiger partial charge is 0.277 e. The molecule has 0 saturated heterocycles. The van der Waals surface area contributed by atoms with Crippen LogP contribution in [0.5, 0.6) is 5.75 Å². The molecule has 0 fully saturated rings. The minimum absolute atomic E-state index is 0.154. The molecule has 0 aliphatic rings. The summed E-state index contributed by atoms with van der Waals surface area (Å²) in [6.45, 7) is 2.37. The van der Waals surface area contributed by atoms with Gasteiger partial charge in [0.15, 0.2) is 0 Å².